The van der Waals surface area contributed by atoms with Crippen molar-refractivity contribution in [1.29, 1.82) is 0 Å². The highest BCUT2D eigenvalue weighted by molar-refractivity contribution is 7.80. The van der Waals surface area contributed by atoms with E-state index in [0.29, 0.717) is 11.3 Å². The Morgan fingerprint density at radius 1 is 0.938 bits per heavy atom. The fraction of sp³-hybridized carbons (Fsp3) is 0.174. The fourth-order valence-electron chi connectivity index (χ4n) is 3.12. The van der Waals surface area contributed by atoms with Gasteiger partial charge in [-0.3, -0.25) is 9.59 Å². The van der Waals surface area contributed by atoms with Crippen LogP contribution in [0.5, 0.6) is 0 Å². The van der Waals surface area contributed by atoms with Crippen LogP contribution >= 0.6 is 47.0 Å². The Morgan fingerprint density at radius 2 is 1.59 bits per heavy atom. The van der Waals surface area contributed by atoms with Gasteiger partial charge in [-0.15, -0.1) is 0 Å². The van der Waals surface area contributed by atoms with E-state index in [4.69, 9.17) is 47.0 Å². The Labute approximate surface area is 206 Å². The number of thiocarbonyl (C=S) groups is 1. The smallest absolute Gasteiger partial charge is 0.228 e. The Balaban J connectivity index is 1.66. The molecule has 0 heterocycles. The molecule has 0 aliphatic carbocycles. The predicted molar refractivity (Wildman–Crippen MR) is 136 cm³/mol. The predicted octanol–water partition coefficient (Wildman–Crippen LogP) is 5.38. The van der Waals surface area contributed by atoms with E-state index in [1.807, 2.05) is 42.5 Å². The summed E-state index contributed by atoms with van der Waals surface area (Å²) in [6.45, 7) is 1.49. The van der Waals surface area contributed by atoms with Crippen LogP contribution in [-0.2, 0) is 11.2 Å². The Kier molecular flexibility index (Phi) is 7.96. The van der Waals surface area contributed by atoms with E-state index in [9.17, 15) is 9.59 Å². The van der Waals surface area contributed by atoms with E-state index in [2.05, 4.69) is 16.0 Å². The number of nitrogens with one attached hydrogen (secondary N) is 3. The van der Waals surface area contributed by atoms with Crippen LogP contribution in [0.2, 0.25) is 0 Å². The van der Waals surface area contributed by atoms with Crippen LogP contribution in [0.3, 0.4) is 0 Å². The van der Waals surface area contributed by atoms with Crippen LogP contribution in [0, 0.1) is 0 Å². The summed E-state index contributed by atoms with van der Waals surface area (Å²) in [5.74, 6) is -0.374. The summed E-state index contributed by atoms with van der Waals surface area (Å²) < 4.78 is -1.86. The summed E-state index contributed by atoms with van der Waals surface area (Å²) in [6.07, 6.45) is -0.973. The number of benzene rings is 3. The largest absolute Gasteiger partial charge is 0.339 e. The van der Waals surface area contributed by atoms with Gasteiger partial charge in [0.05, 0.1) is 6.42 Å². The number of carbonyl (C=O) groups is 2. The minimum Gasteiger partial charge on any atom is -0.339 e. The van der Waals surface area contributed by atoms with Gasteiger partial charge < -0.3 is 16.0 Å². The number of Topliss-reactive ketones (excluding diaryl/α,β-unsaturated/α-hetero) is 1. The summed E-state index contributed by atoms with van der Waals surface area (Å²) in [4.78, 5) is 24.1. The molecule has 3 aromatic rings. The zero-order valence-electron chi connectivity index (χ0n) is 17.0. The van der Waals surface area contributed by atoms with Gasteiger partial charge in [-0.05, 0) is 59.7 Å². The molecule has 0 saturated carbocycles. The second kappa shape index (κ2) is 10.5. The summed E-state index contributed by atoms with van der Waals surface area (Å²) >= 11 is 23.5. The second-order valence-electron chi connectivity index (χ2n) is 7.09. The molecule has 0 radical (unpaired) electrons. The van der Waals surface area contributed by atoms with Crippen LogP contribution in [0.15, 0.2) is 66.7 Å². The first-order valence-corrected chi connectivity index (χ1v) is 11.2. The van der Waals surface area contributed by atoms with Gasteiger partial charge in [0.2, 0.25) is 9.70 Å². The van der Waals surface area contributed by atoms with E-state index < -0.39 is 9.96 Å². The average Bonchev–Trinajstić information content (AvgIpc) is 2.73. The van der Waals surface area contributed by atoms with Crippen LogP contribution < -0.4 is 16.0 Å². The van der Waals surface area contributed by atoms with Crippen molar-refractivity contribution in [1.82, 2.24) is 10.6 Å². The molecular weight excluding hydrogens is 489 g/mol. The van der Waals surface area contributed by atoms with Gasteiger partial charge in [-0.25, -0.2) is 0 Å². The highest BCUT2D eigenvalue weighted by Crippen LogP contribution is 2.29. The number of fused-ring (bicyclic) bond motifs is 1. The second-order valence-corrected chi connectivity index (χ2v) is 9.87. The molecule has 1 atom stereocenters. The molecule has 0 fully saturated rings. The first kappa shape index (κ1) is 24.3. The first-order chi connectivity index (χ1) is 15.1. The molecule has 1 unspecified atom stereocenters. The number of hydrogen-bond donors (Lipinski definition) is 3. The number of alkyl halides is 3. The average molecular weight is 509 g/mol. The zero-order valence-corrected chi connectivity index (χ0v) is 20.1. The van der Waals surface area contributed by atoms with Crippen molar-refractivity contribution < 1.29 is 9.59 Å². The van der Waals surface area contributed by atoms with Gasteiger partial charge in [0.15, 0.2) is 10.9 Å². The van der Waals surface area contributed by atoms with E-state index in [1.165, 1.54) is 6.92 Å². The molecule has 0 aliphatic rings. The molecule has 3 aromatic carbocycles. The number of halogens is 3. The van der Waals surface area contributed by atoms with Gasteiger partial charge in [-0.2, -0.15) is 0 Å². The normalized spacial score (nSPS) is 12.1. The molecule has 0 aliphatic heterocycles. The minimum atomic E-state index is -1.86. The van der Waals surface area contributed by atoms with Gasteiger partial charge in [0.1, 0.15) is 6.17 Å². The molecule has 32 heavy (non-hydrogen) atoms. The lowest BCUT2D eigenvalue weighted by Crippen LogP contribution is -2.56. The third-order valence-electron chi connectivity index (χ3n) is 4.69. The number of rotatable bonds is 6. The molecule has 3 rings (SSSR count). The third kappa shape index (κ3) is 6.56. The van der Waals surface area contributed by atoms with Crippen molar-refractivity contribution in [2.24, 2.45) is 0 Å². The van der Waals surface area contributed by atoms with Crippen LogP contribution in [0.4, 0.5) is 5.69 Å². The standard InChI is InChI=1S/C23H20Cl3N3O2S/c1-14(30)15-9-11-18(12-10-15)27-22(32)29-21(23(24,25)26)28-20(31)13-17-7-4-6-16-5-2-3-8-19(16)17/h2-12,21H,13H2,1H3,(H,28,31)(H2,27,29,32). The summed E-state index contributed by atoms with van der Waals surface area (Å²) in [6, 6.07) is 20.3. The third-order valence-corrected chi connectivity index (χ3v) is 5.56. The van der Waals surface area contributed by atoms with Crippen LogP contribution in [0.25, 0.3) is 10.8 Å². The monoisotopic (exact) mass is 507 g/mol. The molecule has 0 bridgehead atoms. The quantitative estimate of drug-likeness (QED) is 0.180. The zero-order chi connectivity index (χ0) is 23.3. The number of anilines is 1. The Hall–Kier alpha value is -2.38. The van der Waals surface area contributed by atoms with Crippen molar-refractivity contribution in [3.8, 4) is 0 Å². The first-order valence-electron chi connectivity index (χ1n) is 9.65. The SMILES string of the molecule is CC(=O)c1ccc(NC(=S)NC(NC(=O)Cc2cccc3ccccc23)C(Cl)(Cl)Cl)cc1. The molecule has 9 heteroatoms. The molecule has 166 valence electrons. The van der Waals surface area contributed by atoms with Gasteiger partial charge in [-0.1, -0.05) is 77.3 Å². The molecular formula is C23H20Cl3N3O2S. The number of amides is 1. The molecule has 0 spiro atoms. The maximum absolute atomic E-state index is 12.7. The molecule has 0 saturated heterocycles. The van der Waals surface area contributed by atoms with Crippen molar-refractivity contribution >= 4 is 80.3 Å². The molecule has 3 N–H and O–H groups in total. The highest BCUT2D eigenvalue weighted by atomic mass is 35.6. The topological polar surface area (TPSA) is 70.2 Å². The van der Waals surface area contributed by atoms with Crippen molar-refractivity contribution in [2.75, 3.05) is 5.32 Å². The van der Waals surface area contributed by atoms with Crippen LogP contribution in [0.1, 0.15) is 22.8 Å². The lowest BCUT2D eigenvalue weighted by molar-refractivity contribution is -0.121. The van der Waals surface area contributed by atoms with Crippen LogP contribution in [-0.4, -0.2) is 26.8 Å². The van der Waals surface area contributed by atoms with Crippen molar-refractivity contribution in [3.05, 3.63) is 77.9 Å². The van der Waals surface area contributed by atoms with Gasteiger partial charge >= 0.3 is 0 Å². The molecule has 1 amide bonds. The van der Waals surface area contributed by atoms with Gasteiger partial charge in [0.25, 0.3) is 0 Å². The lowest BCUT2D eigenvalue weighted by atomic mass is 10.0. The van der Waals surface area contributed by atoms with E-state index in [0.717, 1.165) is 16.3 Å². The lowest BCUT2D eigenvalue weighted by Gasteiger charge is -2.28. The summed E-state index contributed by atoms with van der Waals surface area (Å²) in [5, 5.41) is 10.6. The fourth-order valence-corrected chi connectivity index (χ4v) is 3.68. The maximum Gasteiger partial charge on any atom is 0.228 e. The number of ketones is 1. The highest BCUT2D eigenvalue weighted by Gasteiger charge is 2.34. The molecule has 5 nitrogen and oxygen atoms in total. The van der Waals surface area contributed by atoms with Crippen molar-refractivity contribution in [2.45, 2.75) is 23.3 Å². The molecule has 0 aromatic heterocycles. The van der Waals surface area contributed by atoms with E-state index >= 15 is 0 Å². The minimum absolute atomic E-state index is 0.0394. The Bertz CT molecular complexity index is 1140. The number of hydrogen-bond acceptors (Lipinski definition) is 3. The van der Waals surface area contributed by atoms with Crippen molar-refractivity contribution in [3.63, 3.8) is 0 Å². The Morgan fingerprint density at radius 3 is 2.25 bits per heavy atom. The summed E-state index contributed by atoms with van der Waals surface area (Å²) in [7, 11) is 0. The number of carbonyl (C=O) groups excluding carboxylic acids is 2. The van der Waals surface area contributed by atoms with E-state index in [-0.39, 0.29) is 23.2 Å². The summed E-state index contributed by atoms with van der Waals surface area (Å²) in [5.41, 5.74) is 2.07. The van der Waals surface area contributed by atoms with Gasteiger partial charge in [0, 0.05) is 11.3 Å². The van der Waals surface area contributed by atoms with E-state index in [1.54, 1.807) is 24.3 Å². The maximum atomic E-state index is 12.7.